The van der Waals surface area contributed by atoms with Crippen molar-refractivity contribution in [1.82, 2.24) is 4.57 Å². The van der Waals surface area contributed by atoms with Crippen LogP contribution >= 0.6 is 0 Å². The number of aromatic carboxylic acids is 1. The average molecular weight is 246 g/mol. The number of aromatic nitrogens is 1. The first-order chi connectivity index (χ1) is 8.57. The summed E-state index contributed by atoms with van der Waals surface area (Å²) >= 11 is 0. The Bertz CT molecular complexity index is 674. The molecule has 0 atom stereocenters. The zero-order valence-corrected chi connectivity index (χ0v) is 10.0. The zero-order chi connectivity index (χ0) is 13.3. The molecular weight excluding hydrogens is 232 g/mol. The second kappa shape index (κ2) is 4.52. The first-order valence-electron chi connectivity index (χ1n) is 5.72. The Hall–Kier alpha value is -2.30. The SMILES string of the molecule is CCCn1c(=O)c(C(=O)O)c(N)c2ccccc21. The number of fused-ring (bicyclic) bond motifs is 1. The van der Waals surface area contributed by atoms with Crippen LogP contribution in [0.15, 0.2) is 29.1 Å². The van der Waals surface area contributed by atoms with E-state index in [-0.39, 0.29) is 11.3 Å². The molecule has 1 aromatic carbocycles. The van der Waals surface area contributed by atoms with Crippen LogP contribution in [0.4, 0.5) is 5.69 Å². The highest BCUT2D eigenvalue weighted by molar-refractivity contribution is 6.03. The zero-order valence-electron chi connectivity index (χ0n) is 10.0. The largest absolute Gasteiger partial charge is 0.477 e. The molecule has 0 aliphatic carbocycles. The fourth-order valence-corrected chi connectivity index (χ4v) is 2.08. The van der Waals surface area contributed by atoms with E-state index >= 15 is 0 Å². The van der Waals surface area contributed by atoms with E-state index in [9.17, 15) is 9.59 Å². The van der Waals surface area contributed by atoms with Crippen LogP contribution in [0, 0.1) is 0 Å². The molecule has 0 spiro atoms. The van der Waals surface area contributed by atoms with Crippen molar-refractivity contribution in [1.29, 1.82) is 0 Å². The van der Waals surface area contributed by atoms with Crippen molar-refractivity contribution in [2.24, 2.45) is 0 Å². The van der Waals surface area contributed by atoms with Gasteiger partial charge < -0.3 is 15.4 Å². The van der Waals surface area contributed by atoms with E-state index in [2.05, 4.69) is 0 Å². The monoisotopic (exact) mass is 246 g/mol. The van der Waals surface area contributed by atoms with E-state index in [4.69, 9.17) is 10.8 Å². The summed E-state index contributed by atoms with van der Waals surface area (Å²) in [6.07, 6.45) is 0.743. The van der Waals surface area contributed by atoms with E-state index < -0.39 is 11.5 Å². The van der Waals surface area contributed by atoms with Crippen molar-refractivity contribution in [2.45, 2.75) is 19.9 Å². The number of carboxylic acids is 1. The summed E-state index contributed by atoms with van der Waals surface area (Å²) in [5.41, 5.74) is 5.62. The van der Waals surface area contributed by atoms with Crippen LogP contribution in [0.5, 0.6) is 0 Å². The van der Waals surface area contributed by atoms with Gasteiger partial charge in [-0.1, -0.05) is 25.1 Å². The van der Waals surface area contributed by atoms with Gasteiger partial charge >= 0.3 is 5.97 Å². The van der Waals surface area contributed by atoms with Crippen molar-refractivity contribution in [3.8, 4) is 0 Å². The minimum absolute atomic E-state index is 0.0375. The predicted molar refractivity (Wildman–Crippen MR) is 69.9 cm³/mol. The van der Waals surface area contributed by atoms with Gasteiger partial charge in [-0.25, -0.2) is 4.79 Å². The summed E-state index contributed by atoms with van der Waals surface area (Å²) in [6.45, 7) is 2.40. The molecule has 0 radical (unpaired) electrons. The highest BCUT2D eigenvalue weighted by atomic mass is 16.4. The molecule has 94 valence electrons. The number of nitrogens with zero attached hydrogens (tertiary/aromatic N) is 1. The Kier molecular flexibility index (Phi) is 3.06. The topological polar surface area (TPSA) is 85.3 Å². The van der Waals surface area contributed by atoms with Crippen molar-refractivity contribution in [3.05, 3.63) is 40.2 Å². The molecule has 18 heavy (non-hydrogen) atoms. The number of hydrogen-bond donors (Lipinski definition) is 2. The molecule has 1 heterocycles. The number of rotatable bonds is 3. The van der Waals surface area contributed by atoms with Gasteiger partial charge in [-0.15, -0.1) is 0 Å². The van der Waals surface area contributed by atoms with E-state index in [0.29, 0.717) is 17.4 Å². The Morgan fingerprint density at radius 1 is 1.39 bits per heavy atom. The van der Waals surface area contributed by atoms with Gasteiger partial charge in [0.1, 0.15) is 5.56 Å². The molecule has 1 aromatic heterocycles. The third-order valence-electron chi connectivity index (χ3n) is 2.87. The number of para-hydroxylation sites is 1. The molecule has 0 bridgehead atoms. The van der Waals surface area contributed by atoms with E-state index in [0.717, 1.165) is 6.42 Å². The second-order valence-electron chi connectivity index (χ2n) is 4.07. The lowest BCUT2D eigenvalue weighted by atomic mass is 10.1. The fourth-order valence-electron chi connectivity index (χ4n) is 2.08. The Morgan fingerprint density at radius 2 is 2.06 bits per heavy atom. The minimum atomic E-state index is -1.28. The van der Waals surface area contributed by atoms with Crippen molar-refractivity contribution in [2.75, 3.05) is 5.73 Å². The number of carbonyl (C=O) groups is 1. The van der Waals surface area contributed by atoms with Crippen LogP contribution in [-0.2, 0) is 6.54 Å². The van der Waals surface area contributed by atoms with Gasteiger partial charge in [-0.2, -0.15) is 0 Å². The molecule has 2 rings (SSSR count). The van der Waals surface area contributed by atoms with Crippen LogP contribution < -0.4 is 11.3 Å². The average Bonchev–Trinajstić information content (AvgIpc) is 2.34. The summed E-state index contributed by atoms with van der Waals surface area (Å²) in [6, 6.07) is 7.07. The van der Waals surface area contributed by atoms with Gasteiger partial charge in [0.15, 0.2) is 0 Å². The number of pyridine rings is 1. The fraction of sp³-hybridized carbons (Fsp3) is 0.231. The third-order valence-corrected chi connectivity index (χ3v) is 2.87. The standard InChI is InChI=1S/C13H14N2O3/c1-2-7-15-9-6-4-3-5-8(9)11(14)10(12(15)16)13(17)18/h3-6H,2,7,14H2,1H3,(H,17,18). The van der Waals surface area contributed by atoms with Gasteiger partial charge in [-0.3, -0.25) is 4.79 Å². The van der Waals surface area contributed by atoms with Gasteiger partial charge in [0.2, 0.25) is 0 Å². The molecule has 0 amide bonds. The van der Waals surface area contributed by atoms with Gasteiger partial charge in [0, 0.05) is 11.9 Å². The summed E-state index contributed by atoms with van der Waals surface area (Å²) in [4.78, 5) is 23.3. The van der Waals surface area contributed by atoms with E-state index in [1.807, 2.05) is 6.92 Å². The predicted octanol–water partition coefficient (Wildman–Crippen LogP) is 1.69. The molecule has 0 saturated carbocycles. The van der Waals surface area contributed by atoms with Crippen molar-refractivity contribution >= 4 is 22.6 Å². The first kappa shape index (κ1) is 12.2. The van der Waals surface area contributed by atoms with Gasteiger partial charge in [0.25, 0.3) is 5.56 Å². The molecule has 0 fully saturated rings. The summed E-state index contributed by atoms with van der Waals surface area (Å²) in [5, 5.41) is 9.71. The van der Waals surface area contributed by atoms with Crippen LogP contribution in [0.2, 0.25) is 0 Å². The van der Waals surface area contributed by atoms with Gasteiger partial charge in [-0.05, 0) is 12.5 Å². The number of aryl methyl sites for hydroxylation is 1. The lowest BCUT2D eigenvalue weighted by molar-refractivity contribution is 0.0695. The van der Waals surface area contributed by atoms with Crippen molar-refractivity contribution < 1.29 is 9.90 Å². The number of nitrogen functional groups attached to an aromatic ring is 1. The highest BCUT2D eigenvalue weighted by Crippen LogP contribution is 2.22. The molecule has 0 saturated heterocycles. The molecule has 0 aliphatic heterocycles. The van der Waals surface area contributed by atoms with E-state index in [1.165, 1.54) is 4.57 Å². The van der Waals surface area contributed by atoms with Crippen LogP contribution in [-0.4, -0.2) is 15.6 Å². The lowest BCUT2D eigenvalue weighted by Gasteiger charge is -2.13. The molecule has 0 aliphatic rings. The first-order valence-corrected chi connectivity index (χ1v) is 5.72. The molecular formula is C13H14N2O3. The molecule has 3 N–H and O–H groups in total. The van der Waals surface area contributed by atoms with E-state index in [1.54, 1.807) is 24.3 Å². The summed E-state index contributed by atoms with van der Waals surface area (Å²) < 4.78 is 1.47. The number of carboxylic acid groups (broad SMARTS) is 1. The number of anilines is 1. The summed E-state index contributed by atoms with van der Waals surface area (Å²) in [7, 11) is 0. The molecule has 5 heteroatoms. The Balaban J connectivity index is 2.96. The summed E-state index contributed by atoms with van der Waals surface area (Å²) in [5.74, 6) is -1.28. The maximum atomic E-state index is 12.1. The third kappa shape index (κ3) is 1.73. The number of hydrogen-bond acceptors (Lipinski definition) is 3. The maximum Gasteiger partial charge on any atom is 0.343 e. The molecule has 5 nitrogen and oxygen atoms in total. The number of benzene rings is 1. The molecule has 2 aromatic rings. The van der Waals surface area contributed by atoms with Crippen LogP contribution in [0.25, 0.3) is 10.9 Å². The number of nitrogens with two attached hydrogens (primary N) is 1. The molecule has 0 unspecified atom stereocenters. The minimum Gasteiger partial charge on any atom is -0.477 e. The maximum absolute atomic E-state index is 12.1. The lowest BCUT2D eigenvalue weighted by Crippen LogP contribution is -2.28. The highest BCUT2D eigenvalue weighted by Gasteiger charge is 2.19. The normalized spacial score (nSPS) is 10.7. The van der Waals surface area contributed by atoms with Crippen molar-refractivity contribution in [3.63, 3.8) is 0 Å². The quantitative estimate of drug-likeness (QED) is 0.863. The van der Waals surface area contributed by atoms with Crippen LogP contribution in [0.3, 0.4) is 0 Å². The Labute approximate surface area is 103 Å². The van der Waals surface area contributed by atoms with Gasteiger partial charge in [0.05, 0.1) is 11.2 Å². The Morgan fingerprint density at radius 3 is 2.67 bits per heavy atom. The second-order valence-corrected chi connectivity index (χ2v) is 4.07. The smallest absolute Gasteiger partial charge is 0.343 e. The van der Waals surface area contributed by atoms with Crippen LogP contribution in [0.1, 0.15) is 23.7 Å².